The second-order valence-electron chi connectivity index (χ2n) is 9.23. The highest BCUT2D eigenvalue weighted by Crippen LogP contribution is 2.14. The number of nitrogens with one attached hydrogen (secondary N) is 2. The molecule has 38 heavy (non-hydrogen) atoms. The first kappa shape index (κ1) is 31.5. The summed E-state index contributed by atoms with van der Waals surface area (Å²) < 4.78 is 16.2. The van der Waals surface area contributed by atoms with E-state index < -0.39 is 17.9 Å². The average molecular weight is 550 g/mol. The van der Waals surface area contributed by atoms with Crippen molar-refractivity contribution in [2.24, 2.45) is 0 Å². The smallest absolute Gasteiger partial charge is 0.308 e. The van der Waals surface area contributed by atoms with Crippen LogP contribution in [0.2, 0.25) is 0 Å². The van der Waals surface area contributed by atoms with Crippen molar-refractivity contribution in [1.29, 1.82) is 0 Å². The number of hydrogen-bond donors (Lipinski definition) is 2. The highest BCUT2D eigenvalue weighted by molar-refractivity contribution is 7.80. The molecule has 0 aromatic heterocycles. The molecule has 1 heterocycles. The zero-order valence-corrected chi connectivity index (χ0v) is 23.6. The molecule has 2 rings (SSSR count). The second kappa shape index (κ2) is 18.5. The quantitative estimate of drug-likeness (QED) is 0.171. The van der Waals surface area contributed by atoms with Crippen LogP contribution in [0.3, 0.4) is 0 Å². The lowest BCUT2D eigenvalue weighted by molar-refractivity contribution is -0.147. The fraction of sp³-hybridized carbons (Fsp3) is 0.643. The van der Waals surface area contributed by atoms with Crippen molar-refractivity contribution >= 4 is 35.1 Å². The fourth-order valence-corrected chi connectivity index (χ4v) is 4.42. The third-order valence-corrected chi connectivity index (χ3v) is 6.59. The molecule has 1 aliphatic heterocycles. The molecule has 1 aromatic carbocycles. The number of unbranched alkanes of at least 4 members (excludes halogenated alkanes) is 7. The van der Waals surface area contributed by atoms with E-state index in [-0.39, 0.29) is 17.4 Å². The molecule has 1 aliphatic rings. The summed E-state index contributed by atoms with van der Waals surface area (Å²) in [4.78, 5) is 39.3. The van der Waals surface area contributed by atoms with Gasteiger partial charge in [-0.25, -0.2) is 0 Å². The maximum absolute atomic E-state index is 12.7. The van der Waals surface area contributed by atoms with Crippen LogP contribution in [-0.4, -0.2) is 73.4 Å². The van der Waals surface area contributed by atoms with E-state index in [1.807, 2.05) is 6.92 Å². The van der Waals surface area contributed by atoms with Crippen LogP contribution in [0.4, 0.5) is 0 Å². The molecule has 1 unspecified atom stereocenters. The van der Waals surface area contributed by atoms with Gasteiger partial charge in [-0.1, -0.05) is 51.9 Å². The molecule has 2 N–H and O–H groups in total. The Morgan fingerprint density at radius 2 is 1.68 bits per heavy atom. The number of benzene rings is 1. The monoisotopic (exact) mass is 549 g/mol. The summed E-state index contributed by atoms with van der Waals surface area (Å²) in [6, 6.07) is 5.84. The highest BCUT2D eigenvalue weighted by atomic mass is 32.1. The minimum Gasteiger partial charge on any atom is -0.491 e. The van der Waals surface area contributed by atoms with Crippen LogP contribution in [0, 0.1) is 0 Å². The first-order valence-corrected chi connectivity index (χ1v) is 14.2. The summed E-state index contributed by atoms with van der Waals surface area (Å²) in [7, 11) is 0. The van der Waals surface area contributed by atoms with E-state index >= 15 is 0 Å². The molecule has 1 aromatic rings. The van der Waals surface area contributed by atoms with Crippen LogP contribution >= 0.6 is 12.2 Å². The first-order chi connectivity index (χ1) is 18.5. The van der Waals surface area contributed by atoms with Crippen molar-refractivity contribution in [3.05, 3.63) is 29.8 Å². The van der Waals surface area contributed by atoms with Gasteiger partial charge in [0.1, 0.15) is 18.4 Å². The number of nitrogens with zero attached hydrogens (tertiary/aromatic N) is 1. The average Bonchev–Trinajstić information content (AvgIpc) is 2.91. The molecule has 1 saturated heterocycles. The predicted molar refractivity (Wildman–Crippen MR) is 150 cm³/mol. The largest absolute Gasteiger partial charge is 0.491 e. The minimum atomic E-state index is -0.830. The zero-order chi connectivity index (χ0) is 27.6. The molecule has 0 bridgehead atoms. The summed E-state index contributed by atoms with van der Waals surface area (Å²) in [6.07, 6.45) is 9.11. The third kappa shape index (κ3) is 11.8. The lowest BCUT2D eigenvalue weighted by Gasteiger charge is -2.36. The standard InChI is InChI=1S/C28H43N3O6S/c1-3-5-6-7-8-9-10-11-18-37-25(32)21-24-27(34)29-16-17-31(24)28(38)30-26(33)22-12-14-23(15-13-22)36-20-19-35-4-2/h12-15,24H,3-11,16-21H2,1-2H3,(H,29,34)(H,30,33,38). The van der Waals surface area contributed by atoms with Gasteiger partial charge in [0.2, 0.25) is 5.91 Å². The molecule has 0 radical (unpaired) electrons. The van der Waals surface area contributed by atoms with Crippen molar-refractivity contribution in [3.8, 4) is 5.75 Å². The zero-order valence-electron chi connectivity index (χ0n) is 22.8. The second-order valence-corrected chi connectivity index (χ2v) is 9.62. The van der Waals surface area contributed by atoms with Gasteiger partial charge in [-0.2, -0.15) is 0 Å². The Hall–Kier alpha value is -2.72. The van der Waals surface area contributed by atoms with Crippen LogP contribution in [0.1, 0.15) is 82.0 Å². The lowest BCUT2D eigenvalue weighted by atomic mass is 10.1. The number of esters is 1. The van der Waals surface area contributed by atoms with Crippen molar-refractivity contribution in [1.82, 2.24) is 15.5 Å². The molecule has 1 fully saturated rings. The van der Waals surface area contributed by atoms with Crippen molar-refractivity contribution < 1.29 is 28.6 Å². The Labute approximate surface area is 231 Å². The summed E-state index contributed by atoms with van der Waals surface area (Å²) in [5.41, 5.74) is 0.396. The normalized spacial score (nSPS) is 15.1. The van der Waals surface area contributed by atoms with E-state index in [4.69, 9.17) is 26.4 Å². The van der Waals surface area contributed by atoms with Crippen molar-refractivity contribution in [2.75, 3.05) is 39.5 Å². The van der Waals surface area contributed by atoms with Gasteiger partial charge in [-0.05, 0) is 49.8 Å². The van der Waals surface area contributed by atoms with Gasteiger partial charge in [0, 0.05) is 25.3 Å². The summed E-state index contributed by atoms with van der Waals surface area (Å²) in [5, 5.41) is 5.54. The molecule has 212 valence electrons. The number of thiocarbonyl (C=S) groups is 1. The van der Waals surface area contributed by atoms with Gasteiger partial charge in [-0.3, -0.25) is 19.7 Å². The number of ether oxygens (including phenoxy) is 3. The number of piperazine rings is 1. The maximum Gasteiger partial charge on any atom is 0.308 e. The van der Waals surface area contributed by atoms with E-state index in [9.17, 15) is 14.4 Å². The van der Waals surface area contributed by atoms with Crippen LogP contribution in [0.25, 0.3) is 0 Å². The van der Waals surface area contributed by atoms with Gasteiger partial charge >= 0.3 is 5.97 Å². The number of carbonyl (C=O) groups excluding carboxylic acids is 3. The molecule has 0 aliphatic carbocycles. The van der Waals surface area contributed by atoms with Crippen LogP contribution in [-0.2, 0) is 19.1 Å². The summed E-state index contributed by atoms with van der Waals surface area (Å²) >= 11 is 5.44. The van der Waals surface area contributed by atoms with Crippen molar-refractivity contribution in [3.63, 3.8) is 0 Å². The lowest BCUT2D eigenvalue weighted by Crippen LogP contribution is -2.60. The number of carbonyl (C=O) groups is 3. The maximum atomic E-state index is 12.7. The van der Waals surface area contributed by atoms with Gasteiger partial charge in [0.25, 0.3) is 5.91 Å². The molecular weight excluding hydrogens is 506 g/mol. The van der Waals surface area contributed by atoms with Gasteiger partial charge in [0.05, 0.1) is 19.6 Å². The Balaban J connectivity index is 1.78. The predicted octanol–water partition coefficient (Wildman–Crippen LogP) is 3.99. The Bertz CT molecular complexity index is 880. The Morgan fingerprint density at radius 3 is 2.37 bits per heavy atom. The first-order valence-electron chi connectivity index (χ1n) is 13.8. The van der Waals surface area contributed by atoms with E-state index in [0.717, 1.165) is 19.3 Å². The summed E-state index contributed by atoms with van der Waals surface area (Å²) in [5.74, 6) is -0.542. The molecule has 9 nitrogen and oxygen atoms in total. The molecular formula is C28H43N3O6S. The Morgan fingerprint density at radius 1 is 1.00 bits per heavy atom. The van der Waals surface area contributed by atoms with E-state index in [2.05, 4.69) is 17.6 Å². The SMILES string of the molecule is CCCCCCCCCCOC(=O)CC1C(=O)NCCN1C(=S)NC(=O)c1ccc(OCCOCC)cc1. The molecule has 10 heteroatoms. The van der Waals surface area contributed by atoms with Crippen molar-refractivity contribution in [2.45, 2.75) is 77.7 Å². The topological polar surface area (TPSA) is 106 Å². The van der Waals surface area contributed by atoms with Gasteiger partial charge in [-0.15, -0.1) is 0 Å². The summed E-state index contributed by atoms with van der Waals surface area (Å²) in [6.45, 7) is 6.75. The van der Waals surface area contributed by atoms with Crippen LogP contribution in [0.15, 0.2) is 24.3 Å². The number of amides is 2. The van der Waals surface area contributed by atoms with E-state index in [0.29, 0.717) is 50.8 Å². The molecule has 0 saturated carbocycles. The van der Waals surface area contributed by atoms with E-state index in [1.165, 1.54) is 32.1 Å². The Kier molecular flexibility index (Phi) is 15.3. The van der Waals surface area contributed by atoms with Crippen LogP contribution < -0.4 is 15.4 Å². The van der Waals surface area contributed by atoms with Crippen LogP contribution in [0.5, 0.6) is 5.75 Å². The van der Waals surface area contributed by atoms with E-state index in [1.54, 1.807) is 29.2 Å². The molecule has 0 spiro atoms. The highest BCUT2D eigenvalue weighted by Gasteiger charge is 2.34. The molecule has 1 atom stereocenters. The number of rotatable bonds is 17. The third-order valence-electron chi connectivity index (χ3n) is 6.25. The van der Waals surface area contributed by atoms with Gasteiger partial charge in [0.15, 0.2) is 5.11 Å². The number of hydrogen-bond acceptors (Lipinski definition) is 7. The fourth-order valence-electron chi connectivity index (χ4n) is 4.11. The minimum absolute atomic E-state index is 0.0998. The molecule has 2 amide bonds. The van der Waals surface area contributed by atoms with Gasteiger partial charge < -0.3 is 24.4 Å².